The van der Waals surface area contributed by atoms with E-state index in [2.05, 4.69) is 17.1 Å². The van der Waals surface area contributed by atoms with Gasteiger partial charge in [0.05, 0.1) is 19.8 Å². The summed E-state index contributed by atoms with van der Waals surface area (Å²) in [4.78, 5) is 2.59. The van der Waals surface area contributed by atoms with E-state index in [-0.39, 0.29) is 0 Å². The van der Waals surface area contributed by atoms with Crippen molar-refractivity contribution in [1.82, 2.24) is 10.2 Å². The van der Waals surface area contributed by atoms with Crippen molar-refractivity contribution in [3.8, 4) is 0 Å². The van der Waals surface area contributed by atoms with E-state index in [0.29, 0.717) is 12.0 Å². The molecule has 1 saturated carbocycles. The summed E-state index contributed by atoms with van der Waals surface area (Å²) < 4.78 is 10.8. The number of hydrogen-bond donors (Lipinski definition) is 1. The summed E-state index contributed by atoms with van der Waals surface area (Å²) in [6.45, 7) is 8.05. The second-order valence-corrected chi connectivity index (χ2v) is 5.18. The summed E-state index contributed by atoms with van der Waals surface area (Å²) in [7, 11) is 1.78. The molecule has 1 N–H and O–H groups in total. The smallest absolute Gasteiger partial charge is 0.0623 e. The van der Waals surface area contributed by atoms with Crippen molar-refractivity contribution in [2.75, 3.05) is 46.6 Å². The molecule has 1 aliphatic heterocycles. The van der Waals surface area contributed by atoms with Crippen LogP contribution < -0.4 is 5.32 Å². The van der Waals surface area contributed by atoms with Crippen LogP contribution in [0.5, 0.6) is 0 Å². The maximum absolute atomic E-state index is 5.61. The highest BCUT2D eigenvalue weighted by Crippen LogP contribution is 2.28. The fourth-order valence-electron chi connectivity index (χ4n) is 2.64. The van der Waals surface area contributed by atoms with E-state index in [0.717, 1.165) is 45.5 Å². The Morgan fingerprint density at radius 2 is 2.18 bits per heavy atom. The zero-order chi connectivity index (χ0) is 12.1. The van der Waals surface area contributed by atoms with Gasteiger partial charge < -0.3 is 14.8 Å². The molecule has 0 amide bonds. The largest absolute Gasteiger partial charge is 0.383 e. The lowest BCUT2D eigenvalue weighted by Gasteiger charge is -2.27. The van der Waals surface area contributed by atoms with Crippen molar-refractivity contribution >= 4 is 0 Å². The zero-order valence-electron chi connectivity index (χ0n) is 11.2. The van der Waals surface area contributed by atoms with Crippen molar-refractivity contribution in [2.45, 2.75) is 31.8 Å². The number of nitrogens with zero attached hydrogens (tertiary/aromatic N) is 1. The average molecular weight is 242 g/mol. The Kier molecular flexibility index (Phi) is 5.22. The standard InChI is InChI=1S/C13H26N2O2/c1-3-14-13-10-17-9-11(13)8-15(6-7-16-2)12-4-5-12/h11-14H,3-10H2,1-2H3. The molecule has 4 nitrogen and oxygen atoms in total. The van der Waals surface area contributed by atoms with Crippen LogP contribution in [0, 0.1) is 5.92 Å². The van der Waals surface area contributed by atoms with E-state index in [1.807, 2.05) is 0 Å². The third-order valence-electron chi connectivity index (χ3n) is 3.78. The van der Waals surface area contributed by atoms with E-state index in [1.54, 1.807) is 7.11 Å². The van der Waals surface area contributed by atoms with Gasteiger partial charge in [0.25, 0.3) is 0 Å². The molecule has 1 aliphatic carbocycles. The minimum absolute atomic E-state index is 0.545. The minimum atomic E-state index is 0.545. The second kappa shape index (κ2) is 6.69. The summed E-state index contributed by atoms with van der Waals surface area (Å²) in [6, 6.07) is 1.36. The minimum Gasteiger partial charge on any atom is -0.383 e. The number of nitrogens with one attached hydrogen (secondary N) is 1. The fourth-order valence-corrected chi connectivity index (χ4v) is 2.64. The molecule has 0 spiro atoms. The van der Waals surface area contributed by atoms with Gasteiger partial charge in [-0.3, -0.25) is 4.90 Å². The predicted octanol–water partition coefficient (Wildman–Crippen LogP) is 0.722. The SMILES string of the molecule is CCNC1COCC1CN(CCOC)C1CC1. The van der Waals surface area contributed by atoms with Gasteiger partial charge in [-0.1, -0.05) is 6.92 Å². The van der Waals surface area contributed by atoms with Gasteiger partial charge in [0, 0.05) is 38.2 Å². The summed E-state index contributed by atoms with van der Waals surface area (Å²) in [5.74, 6) is 0.646. The monoisotopic (exact) mass is 242 g/mol. The third-order valence-corrected chi connectivity index (χ3v) is 3.78. The molecule has 2 atom stereocenters. The first kappa shape index (κ1) is 13.3. The molecule has 1 saturated heterocycles. The van der Waals surface area contributed by atoms with Crippen molar-refractivity contribution in [1.29, 1.82) is 0 Å². The van der Waals surface area contributed by atoms with Crippen LogP contribution in [0.2, 0.25) is 0 Å². The topological polar surface area (TPSA) is 33.7 Å². The molecular weight excluding hydrogens is 216 g/mol. The van der Waals surface area contributed by atoms with E-state index < -0.39 is 0 Å². The second-order valence-electron chi connectivity index (χ2n) is 5.18. The summed E-state index contributed by atoms with van der Waals surface area (Å²) in [6.07, 6.45) is 2.73. The third kappa shape index (κ3) is 3.91. The molecule has 0 bridgehead atoms. The molecule has 17 heavy (non-hydrogen) atoms. The number of hydrogen-bond acceptors (Lipinski definition) is 4. The highest BCUT2D eigenvalue weighted by Gasteiger charge is 2.34. The van der Waals surface area contributed by atoms with Gasteiger partial charge in [-0.25, -0.2) is 0 Å². The van der Waals surface area contributed by atoms with Crippen LogP contribution in [-0.4, -0.2) is 63.5 Å². The normalized spacial score (nSPS) is 29.1. The summed E-state index contributed by atoms with van der Waals surface area (Å²) in [5, 5.41) is 3.53. The number of rotatable bonds is 8. The van der Waals surface area contributed by atoms with Crippen molar-refractivity contribution in [3.63, 3.8) is 0 Å². The molecule has 4 heteroatoms. The first-order valence-electron chi connectivity index (χ1n) is 6.89. The van der Waals surface area contributed by atoms with E-state index in [9.17, 15) is 0 Å². The summed E-state index contributed by atoms with van der Waals surface area (Å²) >= 11 is 0. The lowest BCUT2D eigenvalue weighted by atomic mass is 10.0. The molecule has 0 aromatic carbocycles. The highest BCUT2D eigenvalue weighted by molar-refractivity contribution is 4.89. The molecule has 0 aromatic heterocycles. The first-order valence-corrected chi connectivity index (χ1v) is 6.89. The van der Waals surface area contributed by atoms with Crippen LogP contribution in [0.4, 0.5) is 0 Å². The Labute approximate surface area is 105 Å². The maximum atomic E-state index is 5.61. The Balaban J connectivity index is 1.79. The average Bonchev–Trinajstić information content (AvgIpc) is 3.08. The molecule has 2 unspecified atom stereocenters. The van der Waals surface area contributed by atoms with Gasteiger partial charge in [-0.05, 0) is 19.4 Å². The van der Waals surface area contributed by atoms with E-state index in [1.165, 1.54) is 12.8 Å². The fraction of sp³-hybridized carbons (Fsp3) is 1.00. The molecular formula is C13H26N2O2. The molecule has 0 aromatic rings. The highest BCUT2D eigenvalue weighted by atomic mass is 16.5. The van der Waals surface area contributed by atoms with Crippen LogP contribution in [0.3, 0.4) is 0 Å². The molecule has 2 fully saturated rings. The number of methoxy groups -OCH3 is 1. The maximum Gasteiger partial charge on any atom is 0.0623 e. The van der Waals surface area contributed by atoms with Gasteiger partial charge in [0.15, 0.2) is 0 Å². The van der Waals surface area contributed by atoms with Crippen LogP contribution >= 0.6 is 0 Å². The molecule has 2 aliphatic rings. The molecule has 0 radical (unpaired) electrons. The first-order chi connectivity index (χ1) is 8.35. The number of likely N-dealkylation sites (N-methyl/N-ethyl adjacent to an activating group) is 1. The quantitative estimate of drug-likeness (QED) is 0.680. The van der Waals surface area contributed by atoms with Crippen LogP contribution in [0.1, 0.15) is 19.8 Å². The van der Waals surface area contributed by atoms with Gasteiger partial charge >= 0.3 is 0 Å². The molecule has 2 rings (SSSR count). The van der Waals surface area contributed by atoms with Crippen molar-refractivity contribution < 1.29 is 9.47 Å². The predicted molar refractivity (Wildman–Crippen MR) is 68.2 cm³/mol. The Morgan fingerprint density at radius 1 is 1.35 bits per heavy atom. The van der Waals surface area contributed by atoms with Gasteiger partial charge in [0.2, 0.25) is 0 Å². The van der Waals surface area contributed by atoms with Crippen LogP contribution in [0.15, 0.2) is 0 Å². The van der Waals surface area contributed by atoms with Gasteiger partial charge in [-0.15, -0.1) is 0 Å². The lowest BCUT2D eigenvalue weighted by Crippen LogP contribution is -2.43. The van der Waals surface area contributed by atoms with Crippen LogP contribution in [-0.2, 0) is 9.47 Å². The number of ether oxygens (including phenoxy) is 2. The summed E-state index contributed by atoms with van der Waals surface area (Å²) in [5.41, 5.74) is 0. The van der Waals surface area contributed by atoms with Crippen LogP contribution in [0.25, 0.3) is 0 Å². The van der Waals surface area contributed by atoms with Gasteiger partial charge in [0.1, 0.15) is 0 Å². The van der Waals surface area contributed by atoms with Gasteiger partial charge in [-0.2, -0.15) is 0 Å². The molecule has 1 heterocycles. The van der Waals surface area contributed by atoms with E-state index >= 15 is 0 Å². The zero-order valence-corrected chi connectivity index (χ0v) is 11.2. The van der Waals surface area contributed by atoms with E-state index in [4.69, 9.17) is 9.47 Å². The van der Waals surface area contributed by atoms with Crippen molar-refractivity contribution in [3.05, 3.63) is 0 Å². The Morgan fingerprint density at radius 3 is 2.82 bits per heavy atom. The van der Waals surface area contributed by atoms with Crippen molar-refractivity contribution in [2.24, 2.45) is 5.92 Å². The molecule has 100 valence electrons. The Hall–Kier alpha value is -0.160. The Bertz CT molecular complexity index is 221. The lowest BCUT2D eigenvalue weighted by molar-refractivity contribution is 0.122.